The maximum absolute atomic E-state index is 12.4. The van der Waals surface area contributed by atoms with Crippen molar-refractivity contribution in [1.82, 2.24) is 14.5 Å². The van der Waals surface area contributed by atoms with Crippen LogP contribution in [0.15, 0.2) is 16.9 Å². The van der Waals surface area contributed by atoms with E-state index in [2.05, 4.69) is 4.98 Å². The molecule has 2 atom stereocenters. The van der Waals surface area contributed by atoms with Crippen molar-refractivity contribution in [2.45, 2.75) is 38.1 Å². The molecule has 2 aliphatic rings. The number of rotatable bonds is 3. The number of nitrogens with zero attached hydrogens (tertiary/aromatic N) is 3. The average Bonchev–Trinajstić information content (AvgIpc) is 3.21. The van der Waals surface area contributed by atoms with Crippen molar-refractivity contribution in [3.8, 4) is 0 Å². The average molecular weight is 300 g/mol. The Kier molecular flexibility index (Phi) is 3.14. The van der Waals surface area contributed by atoms with E-state index in [-0.39, 0.29) is 17.5 Å². The first-order valence-electron chi connectivity index (χ1n) is 7.91. The number of anilines is 1. The number of nitrogen functional groups attached to an aromatic ring is 1. The Bertz CT molecular complexity index is 776. The molecule has 2 fully saturated rings. The lowest BCUT2D eigenvalue weighted by Crippen LogP contribution is -2.31. The smallest absolute Gasteiger partial charge is 0.351 e. The highest BCUT2D eigenvalue weighted by Gasteiger charge is 2.29. The van der Waals surface area contributed by atoms with Gasteiger partial charge in [0.05, 0.1) is 12.0 Å². The van der Waals surface area contributed by atoms with E-state index >= 15 is 0 Å². The van der Waals surface area contributed by atoms with E-state index in [9.17, 15) is 4.79 Å². The van der Waals surface area contributed by atoms with E-state index in [4.69, 9.17) is 15.5 Å². The van der Waals surface area contributed by atoms with E-state index in [0.29, 0.717) is 24.1 Å². The Morgan fingerprint density at radius 1 is 1.32 bits per heavy atom. The molecule has 3 heterocycles. The van der Waals surface area contributed by atoms with Crippen molar-refractivity contribution < 1.29 is 4.74 Å². The molecule has 0 spiro atoms. The summed E-state index contributed by atoms with van der Waals surface area (Å²) in [4.78, 5) is 21.2. The standard InChI is InChI=1S/C16H20N4O2/c1-9(11-6-7-22-8-11)20-15-12(14(17)19-16(20)21)4-5-13(18-15)10-2-3-10/h4-5,9-11H,2-3,6-8H2,1H3,(H2,17,19,21)/t9-,11-/m1/s1. The van der Waals surface area contributed by atoms with Gasteiger partial charge in [0.25, 0.3) is 0 Å². The Labute approximate surface area is 128 Å². The van der Waals surface area contributed by atoms with Gasteiger partial charge in [0.15, 0.2) is 0 Å². The lowest BCUT2D eigenvalue weighted by atomic mass is 10.0. The molecule has 0 aromatic carbocycles. The Hall–Kier alpha value is -1.95. The molecule has 1 saturated heterocycles. The van der Waals surface area contributed by atoms with Crippen molar-refractivity contribution in [3.05, 3.63) is 28.3 Å². The minimum Gasteiger partial charge on any atom is -0.383 e. The predicted molar refractivity (Wildman–Crippen MR) is 83.8 cm³/mol. The number of hydrogen-bond acceptors (Lipinski definition) is 5. The second kappa shape index (κ2) is 5.05. The van der Waals surface area contributed by atoms with Gasteiger partial charge in [0.2, 0.25) is 0 Å². The molecule has 22 heavy (non-hydrogen) atoms. The van der Waals surface area contributed by atoms with Crippen LogP contribution in [0.1, 0.15) is 43.8 Å². The number of nitrogens with two attached hydrogens (primary N) is 1. The first-order chi connectivity index (χ1) is 10.6. The molecule has 0 amide bonds. The van der Waals surface area contributed by atoms with Crippen LogP contribution in [0, 0.1) is 5.92 Å². The van der Waals surface area contributed by atoms with Crippen LogP contribution in [0.4, 0.5) is 5.82 Å². The monoisotopic (exact) mass is 300 g/mol. The summed E-state index contributed by atoms with van der Waals surface area (Å²) in [6, 6.07) is 3.97. The van der Waals surface area contributed by atoms with Crippen molar-refractivity contribution >= 4 is 16.9 Å². The van der Waals surface area contributed by atoms with Gasteiger partial charge in [0, 0.05) is 30.2 Å². The topological polar surface area (TPSA) is 83.0 Å². The molecule has 0 radical (unpaired) electrons. The molecule has 4 rings (SSSR count). The normalized spacial score (nSPS) is 23.0. The minimum atomic E-state index is -0.315. The molecule has 6 nitrogen and oxygen atoms in total. The Morgan fingerprint density at radius 2 is 2.14 bits per heavy atom. The third-order valence-electron chi connectivity index (χ3n) is 4.87. The molecular formula is C16H20N4O2. The van der Waals surface area contributed by atoms with E-state index in [1.807, 2.05) is 19.1 Å². The zero-order valence-electron chi connectivity index (χ0n) is 12.7. The molecule has 2 aromatic rings. The molecule has 2 aromatic heterocycles. The van der Waals surface area contributed by atoms with Crippen LogP contribution in [-0.4, -0.2) is 27.7 Å². The summed E-state index contributed by atoms with van der Waals surface area (Å²) in [5.41, 5.74) is 7.34. The number of pyridine rings is 1. The summed E-state index contributed by atoms with van der Waals surface area (Å²) in [6.07, 6.45) is 3.31. The van der Waals surface area contributed by atoms with Crippen molar-refractivity contribution in [3.63, 3.8) is 0 Å². The van der Waals surface area contributed by atoms with Crippen molar-refractivity contribution in [1.29, 1.82) is 0 Å². The molecule has 116 valence electrons. The van der Waals surface area contributed by atoms with Crippen molar-refractivity contribution in [2.75, 3.05) is 18.9 Å². The molecule has 1 saturated carbocycles. The van der Waals surface area contributed by atoms with Crippen LogP contribution >= 0.6 is 0 Å². The van der Waals surface area contributed by atoms with Gasteiger partial charge in [-0.1, -0.05) is 0 Å². The van der Waals surface area contributed by atoms with Gasteiger partial charge >= 0.3 is 5.69 Å². The first kappa shape index (κ1) is 13.7. The van der Waals surface area contributed by atoms with E-state index < -0.39 is 0 Å². The van der Waals surface area contributed by atoms with Crippen LogP contribution < -0.4 is 11.4 Å². The zero-order chi connectivity index (χ0) is 15.3. The quantitative estimate of drug-likeness (QED) is 0.935. The highest BCUT2D eigenvalue weighted by Crippen LogP contribution is 2.39. The van der Waals surface area contributed by atoms with Crippen LogP contribution in [0.2, 0.25) is 0 Å². The van der Waals surface area contributed by atoms with Gasteiger partial charge in [-0.15, -0.1) is 0 Å². The summed E-state index contributed by atoms with van der Waals surface area (Å²) in [5.74, 6) is 1.12. The van der Waals surface area contributed by atoms with Crippen LogP contribution in [-0.2, 0) is 4.74 Å². The fourth-order valence-corrected chi connectivity index (χ4v) is 3.27. The second-order valence-electron chi connectivity index (χ2n) is 6.40. The largest absolute Gasteiger partial charge is 0.383 e. The first-order valence-corrected chi connectivity index (χ1v) is 7.91. The van der Waals surface area contributed by atoms with Crippen LogP contribution in [0.25, 0.3) is 11.0 Å². The maximum atomic E-state index is 12.4. The Morgan fingerprint density at radius 3 is 2.82 bits per heavy atom. The summed E-state index contributed by atoms with van der Waals surface area (Å²) in [6.45, 7) is 3.48. The van der Waals surface area contributed by atoms with Crippen molar-refractivity contribution in [2.24, 2.45) is 5.92 Å². The number of fused-ring (bicyclic) bond motifs is 1. The van der Waals surface area contributed by atoms with E-state index in [0.717, 1.165) is 24.1 Å². The fourth-order valence-electron chi connectivity index (χ4n) is 3.27. The molecule has 0 bridgehead atoms. The van der Waals surface area contributed by atoms with Gasteiger partial charge in [-0.05, 0) is 38.3 Å². The summed E-state index contributed by atoms with van der Waals surface area (Å²) < 4.78 is 7.17. The molecule has 1 aliphatic heterocycles. The van der Waals surface area contributed by atoms with Crippen LogP contribution in [0.3, 0.4) is 0 Å². The van der Waals surface area contributed by atoms with Gasteiger partial charge in [-0.25, -0.2) is 9.78 Å². The van der Waals surface area contributed by atoms with Crippen LogP contribution in [0.5, 0.6) is 0 Å². The lowest BCUT2D eigenvalue weighted by Gasteiger charge is -2.22. The van der Waals surface area contributed by atoms with Gasteiger partial charge in [0.1, 0.15) is 11.5 Å². The summed E-state index contributed by atoms with van der Waals surface area (Å²) >= 11 is 0. The predicted octanol–water partition coefficient (Wildman–Crippen LogP) is 1.85. The van der Waals surface area contributed by atoms with E-state index in [1.54, 1.807) is 4.57 Å². The summed E-state index contributed by atoms with van der Waals surface area (Å²) in [5, 5.41) is 0.759. The highest BCUT2D eigenvalue weighted by molar-refractivity contribution is 5.85. The van der Waals surface area contributed by atoms with Gasteiger partial charge in [-0.2, -0.15) is 4.98 Å². The third kappa shape index (κ3) is 2.18. The SMILES string of the molecule is C[C@H]([C@@H]1CCOC1)n1c(=O)nc(N)c2ccc(C3CC3)nc21. The third-order valence-corrected chi connectivity index (χ3v) is 4.87. The minimum absolute atomic E-state index is 0.00699. The maximum Gasteiger partial charge on any atom is 0.351 e. The zero-order valence-corrected chi connectivity index (χ0v) is 12.7. The fraction of sp³-hybridized carbons (Fsp3) is 0.562. The highest BCUT2D eigenvalue weighted by atomic mass is 16.5. The lowest BCUT2D eigenvalue weighted by molar-refractivity contribution is 0.175. The number of ether oxygens (including phenoxy) is 1. The number of hydrogen-bond donors (Lipinski definition) is 1. The molecule has 0 unspecified atom stereocenters. The molecule has 6 heteroatoms. The summed E-state index contributed by atoms with van der Waals surface area (Å²) in [7, 11) is 0. The van der Waals surface area contributed by atoms with E-state index in [1.165, 1.54) is 12.8 Å². The second-order valence-corrected chi connectivity index (χ2v) is 6.40. The molecule has 1 aliphatic carbocycles. The van der Waals surface area contributed by atoms with Gasteiger partial charge in [-0.3, -0.25) is 4.57 Å². The Balaban J connectivity index is 1.90. The number of aromatic nitrogens is 3. The van der Waals surface area contributed by atoms with Gasteiger partial charge < -0.3 is 10.5 Å². The molecular weight excluding hydrogens is 280 g/mol. The molecule has 2 N–H and O–H groups in total.